The van der Waals surface area contributed by atoms with Crippen LogP contribution in [0.2, 0.25) is 0 Å². The highest BCUT2D eigenvalue weighted by molar-refractivity contribution is 7.99. The van der Waals surface area contributed by atoms with Crippen molar-refractivity contribution in [1.82, 2.24) is 19.7 Å². The van der Waals surface area contributed by atoms with E-state index in [1.807, 2.05) is 41.6 Å². The maximum atomic E-state index is 12.5. The van der Waals surface area contributed by atoms with E-state index in [-0.39, 0.29) is 5.91 Å². The van der Waals surface area contributed by atoms with Crippen LogP contribution in [-0.4, -0.2) is 44.4 Å². The predicted octanol–water partition coefficient (Wildman–Crippen LogP) is 2.87. The Morgan fingerprint density at radius 3 is 2.83 bits per heavy atom. The molecule has 4 rings (SSSR count). The van der Waals surface area contributed by atoms with Gasteiger partial charge in [-0.1, -0.05) is 30.0 Å². The van der Waals surface area contributed by atoms with Crippen molar-refractivity contribution < 1.29 is 4.79 Å². The molecule has 2 aliphatic rings. The first-order valence-corrected chi connectivity index (χ1v) is 9.16. The number of amides is 1. The molecule has 0 N–H and O–H groups in total. The number of rotatable bonds is 5. The fourth-order valence-corrected chi connectivity index (χ4v) is 4.15. The van der Waals surface area contributed by atoms with Gasteiger partial charge in [-0.15, -0.1) is 10.2 Å². The first-order valence-electron chi connectivity index (χ1n) is 8.18. The number of nitrogens with zero attached hydrogens (tertiary/aromatic N) is 4. The summed E-state index contributed by atoms with van der Waals surface area (Å²) < 4.78 is 2.20. The molecule has 0 bridgehead atoms. The van der Waals surface area contributed by atoms with E-state index in [4.69, 9.17) is 0 Å². The van der Waals surface area contributed by atoms with Crippen LogP contribution in [0.4, 0.5) is 0 Å². The molecule has 1 aromatic carbocycles. The lowest BCUT2D eigenvalue weighted by Crippen LogP contribution is -2.28. The Kier molecular flexibility index (Phi) is 4.08. The number of likely N-dealkylation sites (tertiary alicyclic amines) is 1. The summed E-state index contributed by atoms with van der Waals surface area (Å²) in [7, 11) is 0. The van der Waals surface area contributed by atoms with Crippen molar-refractivity contribution >= 4 is 17.7 Å². The van der Waals surface area contributed by atoms with Gasteiger partial charge in [-0.25, -0.2) is 0 Å². The van der Waals surface area contributed by atoms with Crippen molar-refractivity contribution in [2.75, 3.05) is 18.8 Å². The van der Waals surface area contributed by atoms with Crippen LogP contribution in [0.25, 0.3) is 0 Å². The summed E-state index contributed by atoms with van der Waals surface area (Å²) in [4.78, 5) is 14.4. The van der Waals surface area contributed by atoms with E-state index in [0.29, 0.717) is 12.0 Å². The normalized spacial score (nSPS) is 20.9. The lowest BCUT2D eigenvalue weighted by Gasteiger charge is -2.16. The van der Waals surface area contributed by atoms with E-state index >= 15 is 0 Å². The van der Waals surface area contributed by atoms with E-state index in [1.165, 1.54) is 12.8 Å². The van der Waals surface area contributed by atoms with Gasteiger partial charge in [-0.2, -0.15) is 0 Å². The minimum absolute atomic E-state index is 0.152. The molecule has 1 amide bonds. The van der Waals surface area contributed by atoms with Gasteiger partial charge in [0.25, 0.3) is 5.91 Å². The predicted molar refractivity (Wildman–Crippen MR) is 89.5 cm³/mol. The molecule has 2 aromatic rings. The highest BCUT2D eigenvalue weighted by Crippen LogP contribution is 2.37. The fourth-order valence-electron chi connectivity index (χ4n) is 3.05. The first-order chi connectivity index (χ1) is 11.3. The van der Waals surface area contributed by atoms with Gasteiger partial charge in [-0.05, 0) is 37.3 Å². The number of benzene rings is 1. The number of hydrogen-bond acceptors (Lipinski definition) is 4. The number of carbonyl (C=O) groups excluding carboxylic acids is 1. The summed E-state index contributed by atoms with van der Waals surface area (Å²) in [6, 6.07) is 10.2. The van der Waals surface area contributed by atoms with Gasteiger partial charge in [-0.3, -0.25) is 4.79 Å². The third kappa shape index (κ3) is 3.27. The van der Waals surface area contributed by atoms with Crippen molar-refractivity contribution in [2.24, 2.45) is 5.92 Å². The molecule has 2 heterocycles. The smallest absolute Gasteiger partial charge is 0.253 e. The van der Waals surface area contributed by atoms with Crippen molar-refractivity contribution in [3.63, 3.8) is 0 Å². The zero-order chi connectivity index (χ0) is 15.6. The van der Waals surface area contributed by atoms with Gasteiger partial charge in [0.2, 0.25) is 0 Å². The Morgan fingerprint density at radius 2 is 2.04 bits per heavy atom. The molecule has 1 saturated carbocycles. The average Bonchev–Trinajstić information content (AvgIpc) is 3.14. The van der Waals surface area contributed by atoms with Crippen LogP contribution >= 0.6 is 11.8 Å². The van der Waals surface area contributed by atoms with E-state index in [2.05, 4.69) is 14.8 Å². The molecule has 1 aromatic heterocycles. The molecule has 6 heteroatoms. The van der Waals surface area contributed by atoms with Gasteiger partial charge in [0.05, 0.1) is 0 Å². The van der Waals surface area contributed by atoms with Gasteiger partial charge in [0.1, 0.15) is 6.33 Å². The van der Waals surface area contributed by atoms with Gasteiger partial charge in [0.15, 0.2) is 5.16 Å². The number of hydrogen-bond donors (Lipinski definition) is 0. The Bertz CT molecular complexity index is 683. The second-order valence-corrected chi connectivity index (χ2v) is 7.32. The van der Waals surface area contributed by atoms with Crippen LogP contribution in [0.1, 0.15) is 35.7 Å². The average molecular weight is 328 g/mol. The maximum Gasteiger partial charge on any atom is 0.253 e. The summed E-state index contributed by atoms with van der Waals surface area (Å²) >= 11 is 1.78. The topological polar surface area (TPSA) is 51.0 Å². The SMILES string of the molecule is O=C(c1ccccc1)N1CCC(CSc2nncn2C2CC2)C1. The molecule has 23 heavy (non-hydrogen) atoms. The van der Waals surface area contributed by atoms with Gasteiger partial charge >= 0.3 is 0 Å². The Labute approximate surface area is 140 Å². The molecule has 1 unspecified atom stereocenters. The first kappa shape index (κ1) is 14.8. The van der Waals surface area contributed by atoms with Gasteiger partial charge < -0.3 is 9.47 Å². The zero-order valence-electron chi connectivity index (χ0n) is 13.0. The molecule has 120 valence electrons. The minimum atomic E-state index is 0.152. The van der Waals surface area contributed by atoms with Gasteiger partial charge in [0, 0.05) is 30.4 Å². The number of aromatic nitrogens is 3. The summed E-state index contributed by atoms with van der Waals surface area (Å²) in [6.07, 6.45) is 5.41. The van der Waals surface area contributed by atoms with E-state index in [9.17, 15) is 4.79 Å². The molecule has 1 aliphatic heterocycles. The molecular weight excluding hydrogens is 308 g/mol. The van der Waals surface area contributed by atoms with E-state index < -0.39 is 0 Å². The van der Waals surface area contributed by atoms with E-state index in [0.717, 1.165) is 36.0 Å². The molecule has 0 radical (unpaired) electrons. The quantitative estimate of drug-likeness (QED) is 0.792. The zero-order valence-corrected chi connectivity index (χ0v) is 13.8. The molecule has 5 nitrogen and oxygen atoms in total. The highest BCUT2D eigenvalue weighted by Gasteiger charge is 2.29. The van der Waals surface area contributed by atoms with Crippen molar-refractivity contribution in [1.29, 1.82) is 0 Å². The largest absolute Gasteiger partial charge is 0.338 e. The highest BCUT2D eigenvalue weighted by atomic mass is 32.2. The Hall–Kier alpha value is -1.82. The number of thioether (sulfide) groups is 1. The minimum Gasteiger partial charge on any atom is -0.338 e. The third-order valence-electron chi connectivity index (χ3n) is 4.52. The summed E-state index contributed by atoms with van der Waals surface area (Å²) in [5, 5.41) is 9.30. The fraction of sp³-hybridized carbons (Fsp3) is 0.471. The van der Waals surface area contributed by atoms with Crippen LogP contribution in [0.3, 0.4) is 0 Å². The molecule has 0 spiro atoms. The van der Waals surface area contributed by atoms with Crippen LogP contribution in [0.15, 0.2) is 41.8 Å². The van der Waals surface area contributed by atoms with Crippen LogP contribution in [0, 0.1) is 5.92 Å². The second-order valence-electron chi connectivity index (χ2n) is 6.33. The Balaban J connectivity index is 1.32. The lowest BCUT2D eigenvalue weighted by atomic mass is 10.1. The van der Waals surface area contributed by atoms with Crippen molar-refractivity contribution in [3.05, 3.63) is 42.2 Å². The summed E-state index contributed by atoms with van der Waals surface area (Å²) in [5.74, 6) is 1.69. The Morgan fingerprint density at radius 1 is 1.22 bits per heavy atom. The standard InChI is InChI=1S/C17H20N4OS/c22-16(14-4-2-1-3-5-14)20-9-8-13(10-20)11-23-17-19-18-12-21(17)15-6-7-15/h1-5,12-13,15H,6-11H2. The number of carbonyl (C=O) groups is 1. The summed E-state index contributed by atoms with van der Waals surface area (Å²) in [6.45, 7) is 1.70. The van der Waals surface area contributed by atoms with Crippen LogP contribution in [0.5, 0.6) is 0 Å². The second kappa shape index (κ2) is 6.35. The van der Waals surface area contributed by atoms with Crippen molar-refractivity contribution in [3.8, 4) is 0 Å². The molecule has 1 atom stereocenters. The summed E-state index contributed by atoms with van der Waals surface area (Å²) in [5.41, 5.74) is 0.786. The van der Waals surface area contributed by atoms with Crippen LogP contribution in [-0.2, 0) is 0 Å². The third-order valence-corrected chi connectivity index (χ3v) is 5.71. The van der Waals surface area contributed by atoms with Crippen molar-refractivity contribution in [2.45, 2.75) is 30.5 Å². The lowest BCUT2D eigenvalue weighted by molar-refractivity contribution is 0.0788. The molecule has 1 aliphatic carbocycles. The molecule has 1 saturated heterocycles. The maximum absolute atomic E-state index is 12.5. The molecular formula is C17H20N4OS. The van der Waals surface area contributed by atoms with E-state index in [1.54, 1.807) is 11.8 Å². The molecule has 2 fully saturated rings. The van der Waals surface area contributed by atoms with Crippen LogP contribution < -0.4 is 0 Å². The monoisotopic (exact) mass is 328 g/mol.